The van der Waals surface area contributed by atoms with Gasteiger partial charge >= 0.3 is 5.97 Å². The summed E-state index contributed by atoms with van der Waals surface area (Å²) in [5.74, 6) is -0.503. The van der Waals surface area contributed by atoms with E-state index in [9.17, 15) is 9.59 Å². The molecule has 1 aliphatic rings. The van der Waals surface area contributed by atoms with Gasteiger partial charge in [0.2, 0.25) is 0 Å². The number of fused-ring (bicyclic) bond motifs is 2. The summed E-state index contributed by atoms with van der Waals surface area (Å²) in [5.41, 5.74) is 4.14. The lowest BCUT2D eigenvalue weighted by molar-refractivity contribution is -0.139. The maximum Gasteiger partial charge on any atom is 0.338 e. The van der Waals surface area contributed by atoms with Crippen LogP contribution in [-0.4, -0.2) is 21.7 Å². The molecule has 5 aromatic rings. The second-order valence-corrected chi connectivity index (χ2v) is 12.1. The lowest BCUT2D eigenvalue weighted by Gasteiger charge is -2.24. The van der Waals surface area contributed by atoms with E-state index < -0.39 is 12.0 Å². The van der Waals surface area contributed by atoms with E-state index in [0.29, 0.717) is 42.2 Å². The molecule has 0 aliphatic carbocycles. The van der Waals surface area contributed by atoms with Crippen molar-refractivity contribution < 1.29 is 9.53 Å². The summed E-state index contributed by atoms with van der Waals surface area (Å²) >= 11 is 20.0. The smallest absolute Gasteiger partial charge is 0.338 e. The molecule has 1 aliphatic heterocycles. The Morgan fingerprint density at radius 2 is 1.79 bits per heavy atom. The summed E-state index contributed by atoms with van der Waals surface area (Å²) in [7, 11) is 0. The lowest BCUT2D eigenvalue weighted by Crippen LogP contribution is -2.39. The van der Waals surface area contributed by atoms with Crippen LogP contribution in [0.5, 0.6) is 0 Å². The molecule has 6 nitrogen and oxygen atoms in total. The molecule has 0 N–H and O–H groups in total. The van der Waals surface area contributed by atoms with Crippen LogP contribution in [0.15, 0.2) is 94.0 Å². The standard InChI is InChI=1S/C32H24Cl3N3O3S/c1-3-41-31(40)28-18(2)36-32-38(29(28)19-8-11-22(33)12-9-19)30(39)27(42-32)14-21-17-37(26-7-5-4-6-24(21)26)16-20-10-13-23(34)15-25(20)35/h4-15,17,29H,3,16H2,1-2H3/b27-14-/t29-/m0/s1. The first kappa shape index (κ1) is 28.5. The number of allylic oxidation sites excluding steroid dienone is 1. The molecule has 2 aromatic heterocycles. The largest absolute Gasteiger partial charge is 0.463 e. The van der Waals surface area contributed by atoms with Gasteiger partial charge in [0.1, 0.15) is 0 Å². The molecule has 212 valence electrons. The van der Waals surface area contributed by atoms with Gasteiger partial charge in [0, 0.05) is 44.3 Å². The molecule has 0 saturated carbocycles. The molecule has 3 aromatic carbocycles. The van der Waals surface area contributed by atoms with Crippen molar-refractivity contribution in [3.63, 3.8) is 0 Å². The fourth-order valence-electron chi connectivity index (χ4n) is 5.25. The highest BCUT2D eigenvalue weighted by atomic mass is 35.5. The Morgan fingerprint density at radius 1 is 1.05 bits per heavy atom. The van der Waals surface area contributed by atoms with Gasteiger partial charge in [0.05, 0.1) is 28.5 Å². The molecular weight excluding hydrogens is 613 g/mol. The predicted octanol–water partition coefficient (Wildman–Crippen LogP) is 6.76. The SMILES string of the molecule is CCOC(=O)C1=C(C)N=c2s/c(=C\c3cn(Cc4ccc(Cl)cc4Cl)c4ccccc34)c(=O)n2[C@H]1c1ccc(Cl)cc1. The summed E-state index contributed by atoms with van der Waals surface area (Å²) in [5, 5.41) is 2.72. The van der Waals surface area contributed by atoms with Crippen molar-refractivity contribution >= 4 is 69.1 Å². The normalized spacial score (nSPS) is 15.2. The quantitative estimate of drug-likeness (QED) is 0.194. The van der Waals surface area contributed by atoms with Crippen molar-refractivity contribution in [2.75, 3.05) is 6.61 Å². The minimum absolute atomic E-state index is 0.207. The summed E-state index contributed by atoms with van der Waals surface area (Å²) in [6.07, 6.45) is 3.90. The molecule has 0 amide bonds. The Morgan fingerprint density at radius 3 is 2.52 bits per heavy atom. The number of hydrogen-bond donors (Lipinski definition) is 0. The Bertz CT molecular complexity index is 2070. The monoisotopic (exact) mass is 635 g/mol. The fourth-order valence-corrected chi connectivity index (χ4v) is 6.88. The van der Waals surface area contributed by atoms with Crippen molar-refractivity contribution in [1.29, 1.82) is 0 Å². The van der Waals surface area contributed by atoms with E-state index in [1.165, 1.54) is 11.3 Å². The average molecular weight is 637 g/mol. The van der Waals surface area contributed by atoms with Crippen LogP contribution in [-0.2, 0) is 16.1 Å². The Labute approximate surface area is 260 Å². The zero-order chi connectivity index (χ0) is 29.5. The van der Waals surface area contributed by atoms with Crippen LogP contribution >= 0.6 is 46.1 Å². The molecule has 0 fully saturated rings. The number of rotatable bonds is 6. The average Bonchev–Trinajstić information content (AvgIpc) is 3.46. The van der Waals surface area contributed by atoms with E-state index in [-0.39, 0.29) is 12.2 Å². The Kier molecular flexibility index (Phi) is 7.85. The molecule has 0 radical (unpaired) electrons. The van der Waals surface area contributed by atoms with Gasteiger partial charge in [-0.05, 0) is 61.4 Å². The molecule has 10 heteroatoms. The van der Waals surface area contributed by atoms with Crippen LogP contribution in [0.3, 0.4) is 0 Å². The zero-order valence-electron chi connectivity index (χ0n) is 22.6. The van der Waals surface area contributed by atoms with E-state index in [1.54, 1.807) is 36.6 Å². The first-order chi connectivity index (χ1) is 20.2. The molecular formula is C32H24Cl3N3O3S. The number of para-hydroxylation sites is 1. The summed E-state index contributed by atoms with van der Waals surface area (Å²) < 4.78 is 9.55. The zero-order valence-corrected chi connectivity index (χ0v) is 25.7. The fraction of sp³-hybridized carbons (Fsp3) is 0.156. The minimum atomic E-state index is -0.701. The van der Waals surface area contributed by atoms with E-state index in [1.807, 2.05) is 60.8 Å². The highest BCUT2D eigenvalue weighted by molar-refractivity contribution is 7.07. The number of halogens is 3. The van der Waals surface area contributed by atoms with Gasteiger partial charge in [-0.1, -0.05) is 82.5 Å². The maximum absolute atomic E-state index is 14.1. The van der Waals surface area contributed by atoms with Crippen LogP contribution in [0.25, 0.3) is 17.0 Å². The summed E-state index contributed by atoms with van der Waals surface area (Å²) in [4.78, 5) is 32.3. The van der Waals surface area contributed by atoms with E-state index >= 15 is 0 Å². The molecule has 6 rings (SSSR count). The molecule has 0 unspecified atom stereocenters. The van der Waals surface area contributed by atoms with Crippen LogP contribution in [0, 0.1) is 0 Å². The lowest BCUT2D eigenvalue weighted by atomic mass is 9.96. The number of hydrogen-bond acceptors (Lipinski definition) is 5. The van der Waals surface area contributed by atoms with Crippen molar-refractivity contribution in [1.82, 2.24) is 9.13 Å². The molecule has 3 heterocycles. The minimum Gasteiger partial charge on any atom is -0.463 e. The first-order valence-corrected chi connectivity index (χ1v) is 15.2. The molecule has 1 atom stereocenters. The van der Waals surface area contributed by atoms with Crippen molar-refractivity contribution in [2.24, 2.45) is 4.99 Å². The van der Waals surface area contributed by atoms with Gasteiger partial charge in [-0.3, -0.25) is 9.36 Å². The molecule has 42 heavy (non-hydrogen) atoms. The third kappa shape index (κ3) is 5.22. The number of esters is 1. The Balaban J connectivity index is 1.51. The van der Waals surface area contributed by atoms with E-state index in [2.05, 4.69) is 9.56 Å². The summed E-state index contributed by atoms with van der Waals surface area (Å²) in [6, 6.07) is 19.9. The van der Waals surface area contributed by atoms with Crippen molar-refractivity contribution in [3.05, 3.63) is 136 Å². The number of benzene rings is 3. The number of aromatic nitrogens is 2. The third-order valence-electron chi connectivity index (χ3n) is 7.16. The van der Waals surface area contributed by atoms with Gasteiger partial charge in [0.15, 0.2) is 4.80 Å². The highest BCUT2D eigenvalue weighted by Gasteiger charge is 2.33. The van der Waals surface area contributed by atoms with Gasteiger partial charge < -0.3 is 9.30 Å². The van der Waals surface area contributed by atoms with Crippen LogP contribution in [0.4, 0.5) is 0 Å². The number of carbonyl (C=O) groups is 1. The number of thiazole rings is 1. The second-order valence-electron chi connectivity index (χ2n) is 9.82. The van der Waals surface area contributed by atoms with Gasteiger partial charge in [-0.15, -0.1) is 0 Å². The third-order valence-corrected chi connectivity index (χ3v) is 8.99. The van der Waals surface area contributed by atoms with Crippen molar-refractivity contribution in [3.8, 4) is 0 Å². The van der Waals surface area contributed by atoms with Gasteiger partial charge in [-0.2, -0.15) is 0 Å². The maximum atomic E-state index is 14.1. The number of nitrogens with zero attached hydrogens (tertiary/aromatic N) is 3. The van der Waals surface area contributed by atoms with E-state index in [4.69, 9.17) is 39.5 Å². The van der Waals surface area contributed by atoms with Crippen LogP contribution in [0.1, 0.15) is 36.6 Å². The molecule has 0 saturated heterocycles. The van der Waals surface area contributed by atoms with Crippen LogP contribution in [0.2, 0.25) is 15.1 Å². The topological polar surface area (TPSA) is 65.6 Å². The summed E-state index contributed by atoms with van der Waals surface area (Å²) in [6.45, 7) is 4.25. The van der Waals surface area contributed by atoms with Crippen molar-refractivity contribution in [2.45, 2.75) is 26.4 Å². The number of carbonyl (C=O) groups excluding carboxylic acids is 1. The molecule has 0 spiro atoms. The highest BCUT2D eigenvalue weighted by Crippen LogP contribution is 2.32. The van der Waals surface area contributed by atoms with E-state index in [0.717, 1.165) is 27.6 Å². The number of ether oxygens (including phenoxy) is 1. The van der Waals surface area contributed by atoms with Crippen LogP contribution < -0.4 is 14.9 Å². The predicted molar refractivity (Wildman–Crippen MR) is 169 cm³/mol. The van der Waals surface area contributed by atoms with Gasteiger partial charge in [0.25, 0.3) is 5.56 Å². The van der Waals surface area contributed by atoms with Gasteiger partial charge in [-0.25, -0.2) is 9.79 Å². The first-order valence-electron chi connectivity index (χ1n) is 13.2. The second kappa shape index (κ2) is 11.6. The Hall–Kier alpha value is -3.62. The molecule has 0 bridgehead atoms.